The molecule has 0 heterocycles. The summed E-state index contributed by atoms with van der Waals surface area (Å²) in [6.07, 6.45) is 7.02. The highest BCUT2D eigenvalue weighted by Gasteiger charge is 2.27. The number of amides is 1. The summed E-state index contributed by atoms with van der Waals surface area (Å²) in [6, 6.07) is 0. The molecule has 1 fully saturated rings. The van der Waals surface area contributed by atoms with Crippen LogP contribution >= 0.6 is 0 Å². The Hall–Kier alpha value is -1.06. The molecule has 1 rings (SSSR count). The van der Waals surface area contributed by atoms with Crippen molar-refractivity contribution in [3.05, 3.63) is 0 Å². The lowest BCUT2D eigenvalue weighted by Gasteiger charge is -2.20. The van der Waals surface area contributed by atoms with E-state index in [1.807, 2.05) is 0 Å². The maximum absolute atomic E-state index is 11.9. The predicted molar refractivity (Wildman–Crippen MR) is 65.7 cm³/mol. The predicted octanol–water partition coefficient (Wildman–Crippen LogP) is 2.28. The molecule has 0 aromatic carbocycles. The Morgan fingerprint density at radius 1 is 1.24 bits per heavy atom. The van der Waals surface area contributed by atoms with Gasteiger partial charge in [-0.1, -0.05) is 26.2 Å². The molecular weight excluding hydrogens is 218 g/mol. The molecule has 0 aromatic rings. The lowest BCUT2D eigenvalue weighted by Crippen LogP contribution is -2.37. The van der Waals surface area contributed by atoms with E-state index in [1.165, 1.54) is 4.90 Å². The van der Waals surface area contributed by atoms with E-state index in [-0.39, 0.29) is 12.5 Å². The van der Waals surface area contributed by atoms with Gasteiger partial charge in [-0.3, -0.25) is 9.59 Å². The largest absolute Gasteiger partial charge is 0.480 e. The molecule has 0 unspecified atom stereocenters. The van der Waals surface area contributed by atoms with Crippen LogP contribution in [0.15, 0.2) is 0 Å². The second-order valence-corrected chi connectivity index (χ2v) is 4.92. The maximum Gasteiger partial charge on any atom is 0.323 e. The van der Waals surface area contributed by atoms with Crippen molar-refractivity contribution in [2.24, 2.45) is 5.92 Å². The Labute approximate surface area is 103 Å². The Morgan fingerprint density at radius 3 is 2.47 bits per heavy atom. The minimum absolute atomic E-state index is 0.00963. The third-order valence-corrected chi connectivity index (χ3v) is 3.10. The number of carboxylic acids is 1. The summed E-state index contributed by atoms with van der Waals surface area (Å²) in [5.41, 5.74) is 0. The first-order valence-electron chi connectivity index (χ1n) is 6.63. The number of hydrogen-bond donors (Lipinski definition) is 1. The van der Waals surface area contributed by atoms with Crippen molar-refractivity contribution < 1.29 is 14.7 Å². The summed E-state index contributed by atoms with van der Waals surface area (Å²) in [7, 11) is 0. The number of aliphatic carboxylic acids is 1. The van der Waals surface area contributed by atoms with Gasteiger partial charge in [-0.2, -0.15) is 0 Å². The molecular formula is C13H23NO3. The van der Waals surface area contributed by atoms with E-state index in [9.17, 15) is 9.59 Å². The Morgan fingerprint density at radius 2 is 1.94 bits per heavy atom. The fourth-order valence-corrected chi connectivity index (χ4v) is 1.89. The molecule has 0 bridgehead atoms. The number of hydrogen-bond acceptors (Lipinski definition) is 2. The molecule has 0 spiro atoms. The Kier molecular flexibility index (Phi) is 6.01. The summed E-state index contributed by atoms with van der Waals surface area (Å²) in [4.78, 5) is 24.1. The SMILES string of the molecule is CCCCCCC(=O)N(CC(=O)O)CC1CC1. The lowest BCUT2D eigenvalue weighted by atomic mass is 10.1. The van der Waals surface area contributed by atoms with Crippen LogP contribution < -0.4 is 0 Å². The van der Waals surface area contributed by atoms with Gasteiger partial charge in [-0.25, -0.2) is 0 Å². The summed E-state index contributed by atoms with van der Waals surface area (Å²) in [5.74, 6) is -0.350. The van der Waals surface area contributed by atoms with Crippen molar-refractivity contribution in [1.29, 1.82) is 0 Å². The number of unbranched alkanes of at least 4 members (excludes halogenated alkanes) is 3. The van der Waals surface area contributed by atoms with Gasteiger partial charge in [0, 0.05) is 13.0 Å². The summed E-state index contributed by atoms with van der Waals surface area (Å²) in [6.45, 7) is 2.63. The van der Waals surface area contributed by atoms with Crippen LogP contribution in [0.1, 0.15) is 51.9 Å². The number of carbonyl (C=O) groups excluding carboxylic acids is 1. The van der Waals surface area contributed by atoms with Gasteiger partial charge in [0.15, 0.2) is 0 Å². The molecule has 1 N–H and O–H groups in total. The standard InChI is InChI=1S/C13H23NO3/c1-2-3-4-5-6-12(15)14(10-13(16)17)9-11-7-8-11/h11H,2-10H2,1H3,(H,16,17). The molecule has 0 atom stereocenters. The first kappa shape index (κ1) is 14.0. The highest BCUT2D eigenvalue weighted by molar-refractivity contribution is 5.81. The molecule has 98 valence electrons. The van der Waals surface area contributed by atoms with Crippen LogP contribution in [0.3, 0.4) is 0 Å². The summed E-state index contributed by atoms with van der Waals surface area (Å²) in [5, 5.41) is 8.78. The quantitative estimate of drug-likeness (QED) is 0.630. The molecule has 0 aromatic heterocycles. The molecule has 0 radical (unpaired) electrons. The molecule has 4 nitrogen and oxygen atoms in total. The van der Waals surface area contributed by atoms with E-state index in [2.05, 4.69) is 6.92 Å². The molecule has 1 saturated carbocycles. The van der Waals surface area contributed by atoms with E-state index in [4.69, 9.17) is 5.11 Å². The summed E-state index contributed by atoms with van der Waals surface area (Å²) >= 11 is 0. The van der Waals surface area contributed by atoms with Gasteiger partial charge < -0.3 is 10.0 Å². The van der Waals surface area contributed by atoms with Crippen LogP contribution in [0.25, 0.3) is 0 Å². The Bertz CT molecular complexity index is 261. The molecule has 0 aliphatic heterocycles. The molecule has 0 saturated heterocycles. The molecule has 1 aliphatic carbocycles. The zero-order valence-electron chi connectivity index (χ0n) is 10.7. The number of carboxylic acid groups (broad SMARTS) is 1. The zero-order chi connectivity index (χ0) is 12.7. The van der Waals surface area contributed by atoms with Crippen molar-refractivity contribution >= 4 is 11.9 Å². The first-order valence-corrected chi connectivity index (χ1v) is 6.63. The van der Waals surface area contributed by atoms with Crippen molar-refractivity contribution in [2.45, 2.75) is 51.9 Å². The minimum Gasteiger partial charge on any atom is -0.480 e. The third kappa shape index (κ3) is 6.29. The highest BCUT2D eigenvalue weighted by atomic mass is 16.4. The van der Waals surface area contributed by atoms with Crippen molar-refractivity contribution in [2.75, 3.05) is 13.1 Å². The van der Waals surface area contributed by atoms with E-state index >= 15 is 0 Å². The smallest absolute Gasteiger partial charge is 0.323 e. The topological polar surface area (TPSA) is 57.6 Å². The van der Waals surface area contributed by atoms with E-state index in [1.54, 1.807) is 0 Å². The summed E-state index contributed by atoms with van der Waals surface area (Å²) < 4.78 is 0. The van der Waals surface area contributed by atoms with Gasteiger partial charge in [0.05, 0.1) is 0 Å². The van der Waals surface area contributed by atoms with E-state index in [0.717, 1.165) is 38.5 Å². The first-order chi connectivity index (χ1) is 8.13. The van der Waals surface area contributed by atoms with E-state index in [0.29, 0.717) is 18.9 Å². The zero-order valence-corrected chi connectivity index (χ0v) is 10.7. The lowest BCUT2D eigenvalue weighted by molar-refractivity contribution is -0.144. The maximum atomic E-state index is 11.9. The average Bonchev–Trinajstić information content (AvgIpc) is 3.06. The average molecular weight is 241 g/mol. The number of rotatable bonds is 9. The van der Waals surface area contributed by atoms with Crippen LogP contribution in [0, 0.1) is 5.92 Å². The monoisotopic (exact) mass is 241 g/mol. The highest BCUT2D eigenvalue weighted by Crippen LogP contribution is 2.29. The van der Waals surface area contributed by atoms with Crippen molar-refractivity contribution in [1.82, 2.24) is 4.90 Å². The fraction of sp³-hybridized carbons (Fsp3) is 0.846. The molecule has 1 amide bonds. The van der Waals surface area contributed by atoms with Crippen LogP contribution in [0.4, 0.5) is 0 Å². The van der Waals surface area contributed by atoms with Gasteiger partial charge >= 0.3 is 5.97 Å². The van der Waals surface area contributed by atoms with Gasteiger partial charge in [0.2, 0.25) is 5.91 Å². The van der Waals surface area contributed by atoms with Crippen LogP contribution in [0.5, 0.6) is 0 Å². The van der Waals surface area contributed by atoms with Gasteiger partial charge in [-0.15, -0.1) is 0 Å². The molecule has 4 heteroatoms. The van der Waals surface area contributed by atoms with Crippen LogP contribution in [-0.4, -0.2) is 35.0 Å². The van der Waals surface area contributed by atoms with Gasteiger partial charge in [-0.05, 0) is 25.2 Å². The van der Waals surface area contributed by atoms with E-state index < -0.39 is 5.97 Å². The Balaban J connectivity index is 2.27. The number of nitrogens with zero attached hydrogens (tertiary/aromatic N) is 1. The third-order valence-electron chi connectivity index (χ3n) is 3.10. The molecule has 1 aliphatic rings. The van der Waals surface area contributed by atoms with Crippen LogP contribution in [0.2, 0.25) is 0 Å². The second kappa shape index (κ2) is 7.30. The minimum atomic E-state index is -0.910. The second-order valence-electron chi connectivity index (χ2n) is 4.92. The molecule has 17 heavy (non-hydrogen) atoms. The van der Waals surface area contributed by atoms with Crippen molar-refractivity contribution in [3.8, 4) is 0 Å². The van der Waals surface area contributed by atoms with Gasteiger partial charge in [0.1, 0.15) is 6.54 Å². The number of carbonyl (C=O) groups is 2. The van der Waals surface area contributed by atoms with Gasteiger partial charge in [0.25, 0.3) is 0 Å². The van der Waals surface area contributed by atoms with Crippen molar-refractivity contribution in [3.63, 3.8) is 0 Å². The fourth-order valence-electron chi connectivity index (χ4n) is 1.89. The van der Waals surface area contributed by atoms with Crippen LogP contribution in [-0.2, 0) is 9.59 Å². The normalized spacial score (nSPS) is 14.6.